The van der Waals surface area contributed by atoms with Crippen LogP contribution < -0.4 is 4.43 Å². The van der Waals surface area contributed by atoms with Crippen molar-refractivity contribution in [1.29, 1.82) is 0 Å². The molecule has 0 amide bonds. The van der Waals surface area contributed by atoms with Gasteiger partial charge in [-0.1, -0.05) is 23.2 Å². The predicted octanol–water partition coefficient (Wildman–Crippen LogP) is 4.90. The maximum Gasteiger partial charge on any atom is 0.293 e. The largest absolute Gasteiger partial charge is 0.428 e. The second kappa shape index (κ2) is 6.30. The molecule has 2 aromatic carbocycles. The molecule has 0 saturated heterocycles. The first-order valence-corrected chi connectivity index (χ1v) is 8.05. The van der Waals surface area contributed by atoms with E-state index in [2.05, 4.69) is 0 Å². The first kappa shape index (κ1) is 16.6. The van der Waals surface area contributed by atoms with Crippen molar-refractivity contribution < 1.29 is 9.63 Å². The number of halogens is 2. The number of hydrogen-bond acceptors (Lipinski definition) is 2. The van der Waals surface area contributed by atoms with Crippen molar-refractivity contribution in [2.75, 3.05) is 0 Å². The van der Waals surface area contributed by atoms with E-state index in [0.717, 1.165) is 9.16 Å². The molecule has 6 heteroatoms. The Morgan fingerprint density at radius 3 is 1.46 bits per heavy atom. The van der Waals surface area contributed by atoms with Crippen LogP contribution >= 0.6 is 23.2 Å². The van der Waals surface area contributed by atoms with Crippen LogP contribution in [0.5, 0.6) is 0 Å². The molecule has 3 aromatic rings. The van der Waals surface area contributed by atoms with Crippen LogP contribution in [0, 0.1) is 18.8 Å². The van der Waals surface area contributed by atoms with Crippen molar-refractivity contribution >= 4 is 23.2 Å². The molecule has 0 radical (unpaired) electrons. The molecule has 0 saturated carbocycles. The highest BCUT2D eigenvalue weighted by molar-refractivity contribution is 6.30. The minimum atomic E-state index is 0.365. The zero-order valence-corrected chi connectivity index (χ0v) is 14.6. The number of benzene rings is 2. The first-order chi connectivity index (χ1) is 11.4. The van der Waals surface area contributed by atoms with Gasteiger partial charge in [-0.25, -0.2) is 0 Å². The Balaban J connectivity index is 2.34. The van der Waals surface area contributed by atoms with Crippen LogP contribution in [0.15, 0.2) is 48.5 Å². The van der Waals surface area contributed by atoms with Gasteiger partial charge >= 0.3 is 0 Å². The van der Waals surface area contributed by atoms with Gasteiger partial charge in [-0.05, 0) is 62.4 Å². The van der Waals surface area contributed by atoms with Crippen LogP contribution in [0.4, 0.5) is 0 Å². The molecule has 0 atom stereocenters. The van der Waals surface area contributed by atoms with Gasteiger partial charge in [-0.15, -0.1) is 0 Å². The Bertz CT molecular complexity index is 887. The summed E-state index contributed by atoms with van der Waals surface area (Å²) in [4.78, 5) is 13.1. The summed E-state index contributed by atoms with van der Waals surface area (Å²) in [6.45, 7) is 3.38. The normalized spacial score (nSPS) is 10.8. The van der Waals surface area contributed by atoms with Crippen LogP contribution in [0.2, 0.25) is 10.0 Å². The van der Waals surface area contributed by atoms with E-state index >= 15 is 0 Å². The number of rotatable bonds is 2. The molecule has 24 heavy (non-hydrogen) atoms. The van der Waals surface area contributed by atoms with Crippen LogP contribution in [0.3, 0.4) is 0 Å². The molecule has 3 rings (SSSR count). The van der Waals surface area contributed by atoms with Crippen molar-refractivity contribution in [1.82, 2.24) is 4.73 Å². The summed E-state index contributed by atoms with van der Waals surface area (Å²) in [6, 6.07) is 13.8. The standard InChI is InChI=1S/C18H15Cl2N2O2/c1-11-17(13-3-7-15(19)8-4-13)22(24)18(12(2)21(11)23)14-5-9-16(20)10-6-14/h3-10,23H,1-2H3/q+1. The Labute approximate surface area is 149 Å². The third kappa shape index (κ3) is 2.79. The van der Waals surface area contributed by atoms with E-state index in [1.807, 2.05) is 0 Å². The Hall–Kier alpha value is -2.30. The quantitative estimate of drug-likeness (QED) is 0.521. The molecule has 1 N–H and O–H groups in total. The van der Waals surface area contributed by atoms with Gasteiger partial charge in [0.25, 0.3) is 11.4 Å². The van der Waals surface area contributed by atoms with E-state index < -0.39 is 0 Å². The molecule has 1 heterocycles. The Kier molecular flexibility index (Phi) is 4.35. The SMILES string of the molecule is Cc1c(-c2ccc(Cl)cc2)[n+](=O)c(-c2ccc(Cl)cc2)c(C)n1O. The van der Waals surface area contributed by atoms with Crippen LogP contribution in [0.25, 0.3) is 22.5 Å². The molecule has 0 spiro atoms. The van der Waals surface area contributed by atoms with E-state index in [4.69, 9.17) is 23.2 Å². The lowest BCUT2D eigenvalue weighted by Gasteiger charge is -2.09. The van der Waals surface area contributed by atoms with Crippen LogP contribution in [-0.2, 0) is 0 Å². The maximum absolute atomic E-state index is 13.1. The van der Waals surface area contributed by atoms with E-state index in [0.29, 0.717) is 43.9 Å². The predicted molar refractivity (Wildman–Crippen MR) is 95.3 cm³/mol. The average molecular weight is 362 g/mol. The van der Waals surface area contributed by atoms with E-state index in [9.17, 15) is 10.1 Å². The number of nitrogens with zero attached hydrogens (tertiary/aromatic N) is 2. The number of hydrogen-bond donors (Lipinski definition) is 1. The van der Waals surface area contributed by atoms with Gasteiger partial charge in [0.2, 0.25) is 0 Å². The maximum atomic E-state index is 13.1. The Morgan fingerprint density at radius 2 is 1.12 bits per heavy atom. The topological polar surface area (TPSA) is 48.1 Å². The zero-order valence-electron chi connectivity index (χ0n) is 13.1. The van der Waals surface area contributed by atoms with Crippen LogP contribution in [0.1, 0.15) is 11.4 Å². The van der Waals surface area contributed by atoms with E-state index in [-0.39, 0.29) is 0 Å². The molecule has 0 unspecified atom stereocenters. The van der Waals surface area contributed by atoms with E-state index in [1.54, 1.807) is 62.4 Å². The molecule has 0 aliphatic carbocycles. The zero-order chi connectivity index (χ0) is 17.4. The summed E-state index contributed by atoms with van der Waals surface area (Å²) in [5.41, 5.74) is 2.97. The highest BCUT2D eigenvalue weighted by Gasteiger charge is 2.28. The lowest BCUT2D eigenvalue weighted by Crippen LogP contribution is -2.28. The fourth-order valence-corrected chi connectivity index (χ4v) is 2.98. The number of aromatic nitrogens is 2. The third-order valence-corrected chi connectivity index (χ3v) is 4.47. The minimum Gasteiger partial charge on any atom is -0.428 e. The molecule has 0 bridgehead atoms. The van der Waals surface area contributed by atoms with Gasteiger partial charge in [-0.2, -0.15) is 4.73 Å². The van der Waals surface area contributed by atoms with Crippen LogP contribution in [-0.4, -0.2) is 9.94 Å². The molecule has 0 fully saturated rings. The van der Waals surface area contributed by atoms with Gasteiger partial charge in [0.1, 0.15) is 11.4 Å². The highest BCUT2D eigenvalue weighted by atomic mass is 35.5. The summed E-state index contributed by atoms with van der Waals surface area (Å²) >= 11 is 11.9. The van der Waals surface area contributed by atoms with Gasteiger partial charge < -0.3 is 5.21 Å². The van der Waals surface area contributed by atoms with Crippen molar-refractivity contribution in [3.63, 3.8) is 0 Å². The summed E-state index contributed by atoms with van der Waals surface area (Å²) in [5, 5.41) is 11.6. The van der Waals surface area contributed by atoms with E-state index in [1.165, 1.54) is 0 Å². The van der Waals surface area contributed by atoms with Crippen molar-refractivity contribution in [2.45, 2.75) is 13.8 Å². The summed E-state index contributed by atoms with van der Waals surface area (Å²) in [7, 11) is 0. The third-order valence-electron chi connectivity index (χ3n) is 3.96. The second-order valence-electron chi connectivity index (χ2n) is 5.49. The summed E-state index contributed by atoms with van der Waals surface area (Å²) in [6.07, 6.45) is 0. The monoisotopic (exact) mass is 361 g/mol. The Morgan fingerprint density at radius 1 is 0.792 bits per heavy atom. The molecule has 4 nitrogen and oxygen atoms in total. The summed E-state index contributed by atoms with van der Waals surface area (Å²) in [5.74, 6) is 0. The second-order valence-corrected chi connectivity index (χ2v) is 6.36. The van der Waals surface area contributed by atoms with Gasteiger partial charge in [-0.3, -0.25) is 0 Å². The average Bonchev–Trinajstić information content (AvgIpc) is 2.56. The fraction of sp³-hybridized carbons (Fsp3) is 0.111. The van der Waals surface area contributed by atoms with Crippen molar-refractivity contribution in [3.05, 3.63) is 74.9 Å². The fourth-order valence-electron chi connectivity index (χ4n) is 2.73. The van der Waals surface area contributed by atoms with Gasteiger partial charge in [0.05, 0.1) is 15.6 Å². The molecular formula is C18H15Cl2N2O2+. The molecule has 0 aliphatic rings. The van der Waals surface area contributed by atoms with Gasteiger partial charge in [0.15, 0.2) is 0 Å². The molecular weight excluding hydrogens is 347 g/mol. The van der Waals surface area contributed by atoms with Gasteiger partial charge in [0, 0.05) is 15.0 Å². The van der Waals surface area contributed by atoms with Crippen molar-refractivity contribution in [3.8, 4) is 22.5 Å². The smallest absolute Gasteiger partial charge is 0.293 e. The lowest BCUT2D eigenvalue weighted by atomic mass is 10.1. The first-order valence-electron chi connectivity index (χ1n) is 7.30. The minimum absolute atomic E-state index is 0.365. The molecule has 1 aromatic heterocycles. The highest BCUT2D eigenvalue weighted by Crippen LogP contribution is 2.27. The molecule has 122 valence electrons. The summed E-state index contributed by atoms with van der Waals surface area (Å²) < 4.78 is 1.87. The lowest BCUT2D eigenvalue weighted by molar-refractivity contribution is -0.472. The molecule has 0 aliphatic heterocycles. The van der Waals surface area contributed by atoms with Crippen molar-refractivity contribution in [2.24, 2.45) is 0 Å².